The maximum absolute atomic E-state index is 10.8. The summed E-state index contributed by atoms with van der Waals surface area (Å²) >= 11 is 0. The normalized spacial score (nSPS) is 12.6. The molecule has 4 rings (SSSR count). The maximum Gasteiger partial charge on any atom is 0.122 e. The van der Waals surface area contributed by atoms with Crippen LogP contribution in [0.1, 0.15) is 17.4 Å². The van der Waals surface area contributed by atoms with E-state index in [1.54, 1.807) is 0 Å². The summed E-state index contributed by atoms with van der Waals surface area (Å²) in [6.07, 6.45) is -0.726. The minimum atomic E-state index is -0.726. The molecule has 0 aliphatic rings. The number of pyridine rings is 1. The zero-order valence-corrected chi connectivity index (χ0v) is 12.0. The molecule has 3 aromatic carbocycles. The van der Waals surface area contributed by atoms with Gasteiger partial charge in [-0.2, -0.15) is 0 Å². The molecule has 4 aromatic rings. The van der Waals surface area contributed by atoms with E-state index in [0.717, 1.165) is 27.2 Å². The Morgan fingerprint density at radius 1 is 0.682 bits per heavy atom. The van der Waals surface area contributed by atoms with Crippen LogP contribution in [0.5, 0.6) is 0 Å². The van der Waals surface area contributed by atoms with Gasteiger partial charge in [0.25, 0.3) is 0 Å². The molecule has 0 saturated carbocycles. The predicted octanol–water partition coefficient (Wildman–Crippen LogP) is 4.47. The Morgan fingerprint density at radius 2 is 1.41 bits per heavy atom. The van der Waals surface area contributed by atoms with Gasteiger partial charge >= 0.3 is 0 Å². The van der Waals surface area contributed by atoms with Crippen LogP contribution in [0.15, 0.2) is 78.9 Å². The van der Waals surface area contributed by atoms with E-state index in [9.17, 15) is 5.11 Å². The molecule has 0 unspecified atom stereocenters. The van der Waals surface area contributed by atoms with Gasteiger partial charge in [-0.3, -0.25) is 0 Å². The Balaban J connectivity index is 1.86. The van der Waals surface area contributed by atoms with Gasteiger partial charge in [-0.25, -0.2) is 4.98 Å². The standard InChI is InChI=1S/C20H15NO/c22-20(17-10-5-8-14-6-1-3-9-16(14)17)19-13-12-15-7-2-4-11-18(15)21-19/h1-13,20,22H/t20-/m1/s1. The van der Waals surface area contributed by atoms with E-state index in [1.807, 2.05) is 66.7 Å². The smallest absolute Gasteiger partial charge is 0.122 e. The molecule has 1 atom stereocenters. The molecule has 22 heavy (non-hydrogen) atoms. The molecular weight excluding hydrogens is 270 g/mol. The maximum atomic E-state index is 10.8. The van der Waals surface area contributed by atoms with Crippen molar-refractivity contribution in [3.05, 3.63) is 90.1 Å². The van der Waals surface area contributed by atoms with Crippen molar-refractivity contribution in [1.82, 2.24) is 4.98 Å². The minimum Gasteiger partial charge on any atom is -0.382 e. The highest BCUT2D eigenvalue weighted by atomic mass is 16.3. The van der Waals surface area contributed by atoms with Crippen LogP contribution in [0.3, 0.4) is 0 Å². The van der Waals surface area contributed by atoms with Crippen LogP contribution < -0.4 is 0 Å². The second kappa shape index (κ2) is 5.24. The second-order valence-electron chi connectivity index (χ2n) is 5.40. The summed E-state index contributed by atoms with van der Waals surface area (Å²) in [6.45, 7) is 0. The van der Waals surface area contributed by atoms with Gasteiger partial charge in [-0.15, -0.1) is 0 Å². The third kappa shape index (κ3) is 2.14. The Bertz CT molecular complexity index is 956. The van der Waals surface area contributed by atoms with Gasteiger partial charge < -0.3 is 5.11 Å². The van der Waals surface area contributed by atoms with Crippen molar-refractivity contribution in [3.63, 3.8) is 0 Å². The molecule has 1 N–H and O–H groups in total. The van der Waals surface area contributed by atoms with Gasteiger partial charge in [0, 0.05) is 5.39 Å². The highest BCUT2D eigenvalue weighted by Crippen LogP contribution is 2.28. The number of hydrogen-bond acceptors (Lipinski definition) is 2. The van der Waals surface area contributed by atoms with Crippen LogP contribution >= 0.6 is 0 Å². The van der Waals surface area contributed by atoms with Crippen molar-refractivity contribution in [2.45, 2.75) is 6.10 Å². The molecule has 0 fully saturated rings. The van der Waals surface area contributed by atoms with Crippen molar-refractivity contribution in [3.8, 4) is 0 Å². The van der Waals surface area contributed by atoms with Crippen LogP contribution in [0.25, 0.3) is 21.7 Å². The third-order valence-electron chi connectivity index (χ3n) is 4.02. The van der Waals surface area contributed by atoms with Crippen LogP contribution in [0.4, 0.5) is 0 Å². The molecule has 1 heterocycles. The number of aliphatic hydroxyl groups excluding tert-OH is 1. The van der Waals surface area contributed by atoms with Crippen molar-refractivity contribution >= 4 is 21.7 Å². The molecule has 0 saturated heterocycles. The summed E-state index contributed by atoms with van der Waals surface area (Å²) in [7, 11) is 0. The summed E-state index contributed by atoms with van der Waals surface area (Å²) in [6, 6.07) is 25.9. The van der Waals surface area contributed by atoms with Crippen molar-refractivity contribution in [1.29, 1.82) is 0 Å². The largest absolute Gasteiger partial charge is 0.382 e. The second-order valence-corrected chi connectivity index (χ2v) is 5.40. The van der Waals surface area contributed by atoms with Crippen molar-refractivity contribution in [2.75, 3.05) is 0 Å². The van der Waals surface area contributed by atoms with Crippen LogP contribution in [-0.4, -0.2) is 10.1 Å². The first-order valence-electron chi connectivity index (χ1n) is 7.34. The first kappa shape index (κ1) is 13.0. The molecular formula is C20H15NO. The van der Waals surface area contributed by atoms with Crippen LogP contribution in [0.2, 0.25) is 0 Å². The fourth-order valence-corrected chi connectivity index (χ4v) is 2.88. The number of aromatic nitrogens is 1. The third-order valence-corrected chi connectivity index (χ3v) is 4.02. The number of nitrogens with zero attached hydrogens (tertiary/aromatic N) is 1. The van der Waals surface area contributed by atoms with Crippen molar-refractivity contribution < 1.29 is 5.11 Å². The fraction of sp³-hybridized carbons (Fsp3) is 0.0500. The van der Waals surface area contributed by atoms with E-state index < -0.39 is 6.10 Å². The number of rotatable bonds is 2. The molecule has 0 bridgehead atoms. The van der Waals surface area contributed by atoms with E-state index in [4.69, 9.17) is 0 Å². The molecule has 0 amide bonds. The summed E-state index contributed by atoms with van der Waals surface area (Å²) in [4.78, 5) is 4.61. The van der Waals surface area contributed by atoms with E-state index >= 15 is 0 Å². The summed E-state index contributed by atoms with van der Waals surface area (Å²) < 4.78 is 0. The number of aliphatic hydroxyl groups is 1. The highest BCUT2D eigenvalue weighted by Gasteiger charge is 2.15. The highest BCUT2D eigenvalue weighted by molar-refractivity contribution is 5.86. The Labute approximate surface area is 128 Å². The number of para-hydroxylation sites is 1. The fourth-order valence-electron chi connectivity index (χ4n) is 2.88. The van der Waals surface area contributed by atoms with E-state index in [1.165, 1.54) is 0 Å². The summed E-state index contributed by atoms with van der Waals surface area (Å²) in [5.74, 6) is 0. The Kier molecular flexibility index (Phi) is 3.10. The lowest BCUT2D eigenvalue weighted by Crippen LogP contribution is -2.03. The lowest BCUT2D eigenvalue weighted by atomic mass is 9.98. The minimum absolute atomic E-state index is 0.676. The number of fused-ring (bicyclic) bond motifs is 2. The SMILES string of the molecule is O[C@@H](c1ccc2ccccc2n1)c1cccc2ccccc12. The van der Waals surface area contributed by atoms with E-state index in [-0.39, 0.29) is 0 Å². The molecule has 0 aliphatic heterocycles. The zero-order chi connectivity index (χ0) is 14.9. The van der Waals surface area contributed by atoms with Gasteiger partial charge in [0.15, 0.2) is 0 Å². The summed E-state index contributed by atoms with van der Waals surface area (Å²) in [5, 5.41) is 14.1. The first-order valence-corrected chi connectivity index (χ1v) is 7.34. The van der Waals surface area contributed by atoms with Crippen LogP contribution in [0, 0.1) is 0 Å². The van der Waals surface area contributed by atoms with E-state index in [2.05, 4.69) is 17.1 Å². The Morgan fingerprint density at radius 3 is 2.32 bits per heavy atom. The molecule has 0 radical (unpaired) electrons. The first-order chi connectivity index (χ1) is 10.8. The molecule has 0 spiro atoms. The van der Waals surface area contributed by atoms with Gasteiger partial charge in [0.1, 0.15) is 6.10 Å². The van der Waals surface area contributed by atoms with E-state index in [0.29, 0.717) is 5.69 Å². The predicted molar refractivity (Wildman–Crippen MR) is 89.8 cm³/mol. The topological polar surface area (TPSA) is 33.1 Å². The van der Waals surface area contributed by atoms with Crippen LogP contribution in [-0.2, 0) is 0 Å². The number of benzene rings is 3. The summed E-state index contributed by atoms with van der Waals surface area (Å²) in [5.41, 5.74) is 2.47. The quantitative estimate of drug-likeness (QED) is 0.589. The average Bonchev–Trinajstić information content (AvgIpc) is 2.60. The molecule has 2 heteroatoms. The zero-order valence-electron chi connectivity index (χ0n) is 12.0. The molecule has 0 aliphatic carbocycles. The average molecular weight is 285 g/mol. The van der Waals surface area contributed by atoms with Gasteiger partial charge in [-0.1, -0.05) is 66.7 Å². The molecule has 1 aromatic heterocycles. The lowest BCUT2D eigenvalue weighted by Gasteiger charge is -2.14. The van der Waals surface area contributed by atoms with Gasteiger partial charge in [0.2, 0.25) is 0 Å². The van der Waals surface area contributed by atoms with Gasteiger partial charge in [-0.05, 0) is 28.5 Å². The Hall–Kier alpha value is -2.71. The molecule has 2 nitrogen and oxygen atoms in total. The van der Waals surface area contributed by atoms with Gasteiger partial charge in [0.05, 0.1) is 11.2 Å². The molecule has 106 valence electrons. The monoisotopic (exact) mass is 285 g/mol. The van der Waals surface area contributed by atoms with Crippen molar-refractivity contribution in [2.24, 2.45) is 0 Å². The lowest BCUT2D eigenvalue weighted by molar-refractivity contribution is 0.217. The number of hydrogen-bond donors (Lipinski definition) is 1.